The summed E-state index contributed by atoms with van der Waals surface area (Å²) < 4.78 is 8.37. The summed E-state index contributed by atoms with van der Waals surface area (Å²) in [6.45, 7) is 6.08. The van der Waals surface area contributed by atoms with Crippen LogP contribution in [0, 0.1) is 0 Å². The summed E-state index contributed by atoms with van der Waals surface area (Å²) in [7, 11) is 0. The molecule has 0 aliphatic carbocycles. The standard InChI is InChI=1S/C29H33N3O2/c1-3-25(33)21-31(20-23-14-8-5-9-15-23)22-27-28(4-2)30-32(24-16-10-6-11-17-24)29(27)34-26-18-12-7-13-19-26/h5-19,25,33H,3-4,20-22H2,1-2H3. The van der Waals surface area contributed by atoms with Gasteiger partial charge >= 0.3 is 0 Å². The number of aromatic nitrogens is 2. The van der Waals surface area contributed by atoms with Gasteiger partial charge in [0.2, 0.25) is 5.88 Å². The summed E-state index contributed by atoms with van der Waals surface area (Å²) in [5.41, 5.74) is 4.22. The van der Waals surface area contributed by atoms with Crippen LogP contribution in [0.4, 0.5) is 0 Å². The normalized spacial score (nSPS) is 12.1. The Balaban J connectivity index is 1.75. The number of aliphatic hydroxyl groups is 1. The van der Waals surface area contributed by atoms with E-state index in [1.165, 1.54) is 5.56 Å². The first-order valence-electron chi connectivity index (χ1n) is 12.0. The van der Waals surface area contributed by atoms with E-state index in [-0.39, 0.29) is 0 Å². The van der Waals surface area contributed by atoms with E-state index in [1.54, 1.807) is 0 Å². The van der Waals surface area contributed by atoms with Crippen molar-refractivity contribution < 1.29 is 9.84 Å². The third kappa shape index (κ3) is 5.93. The zero-order chi connectivity index (χ0) is 23.8. The number of para-hydroxylation sites is 2. The van der Waals surface area contributed by atoms with Crippen LogP contribution in [-0.2, 0) is 19.5 Å². The van der Waals surface area contributed by atoms with Crippen molar-refractivity contribution in [1.29, 1.82) is 0 Å². The first-order valence-corrected chi connectivity index (χ1v) is 12.0. The number of hydrogen-bond donors (Lipinski definition) is 1. The predicted octanol–water partition coefficient (Wildman–Crippen LogP) is 6.00. The molecule has 0 radical (unpaired) electrons. The van der Waals surface area contributed by atoms with Gasteiger partial charge in [-0.25, -0.2) is 4.68 Å². The van der Waals surface area contributed by atoms with Gasteiger partial charge in [0.25, 0.3) is 0 Å². The van der Waals surface area contributed by atoms with E-state index >= 15 is 0 Å². The summed E-state index contributed by atoms with van der Waals surface area (Å²) in [6, 6.07) is 30.3. The molecule has 4 rings (SSSR count). The van der Waals surface area contributed by atoms with E-state index in [2.05, 4.69) is 36.1 Å². The largest absolute Gasteiger partial charge is 0.439 e. The molecule has 1 heterocycles. The Kier molecular flexibility index (Phi) is 8.12. The van der Waals surface area contributed by atoms with Crippen LogP contribution in [0.1, 0.15) is 37.1 Å². The highest BCUT2D eigenvalue weighted by Crippen LogP contribution is 2.32. The Morgan fingerprint density at radius 3 is 2.09 bits per heavy atom. The molecule has 0 amide bonds. The molecule has 34 heavy (non-hydrogen) atoms. The number of ether oxygens (including phenoxy) is 1. The summed E-state index contributed by atoms with van der Waals surface area (Å²) in [6.07, 6.45) is 1.11. The molecule has 0 fully saturated rings. The number of rotatable bonds is 11. The van der Waals surface area contributed by atoms with Crippen molar-refractivity contribution in [2.24, 2.45) is 0 Å². The second kappa shape index (κ2) is 11.6. The number of nitrogens with zero attached hydrogens (tertiary/aromatic N) is 3. The van der Waals surface area contributed by atoms with Crippen LogP contribution >= 0.6 is 0 Å². The molecule has 1 atom stereocenters. The topological polar surface area (TPSA) is 50.5 Å². The van der Waals surface area contributed by atoms with Gasteiger partial charge in [-0.3, -0.25) is 4.90 Å². The van der Waals surface area contributed by atoms with Crippen molar-refractivity contribution in [3.8, 4) is 17.3 Å². The Morgan fingerprint density at radius 2 is 1.47 bits per heavy atom. The van der Waals surface area contributed by atoms with Crippen LogP contribution in [0.25, 0.3) is 5.69 Å². The minimum Gasteiger partial charge on any atom is -0.439 e. The maximum atomic E-state index is 10.5. The second-order valence-electron chi connectivity index (χ2n) is 8.46. The fourth-order valence-corrected chi connectivity index (χ4v) is 4.05. The van der Waals surface area contributed by atoms with Crippen LogP contribution in [0.5, 0.6) is 11.6 Å². The second-order valence-corrected chi connectivity index (χ2v) is 8.46. The summed E-state index contributed by atoms with van der Waals surface area (Å²) >= 11 is 0. The van der Waals surface area contributed by atoms with E-state index in [1.807, 2.05) is 78.3 Å². The fourth-order valence-electron chi connectivity index (χ4n) is 4.05. The molecule has 1 aromatic heterocycles. The predicted molar refractivity (Wildman–Crippen MR) is 136 cm³/mol. The van der Waals surface area contributed by atoms with Gasteiger partial charge in [-0.1, -0.05) is 80.6 Å². The van der Waals surface area contributed by atoms with Crippen molar-refractivity contribution in [2.75, 3.05) is 6.54 Å². The number of aliphatic hydroxyl groups excluding tert-OH is 1. The molecule has 1 N–H and O–H groups in total. The average Bonchev–Trinajstić information content (AvgIpc) is 3.22. The fraction of sp³-hybridized carbons (Fsp3) is 0.276. The van der Waals surface area contributed by atoms with Gasteiger partial charge in [-0.15, -0.1) is 0 Å². The van der Waals surface area contributed by atoms with Crippen LogP contribution in [0.15, 0.2) is 91.0 Å². The first kappa shape index (κ1) is 23.7. The maximum Gasteiger partial charge on any atom is 0.227 e. The van der Waals surface area contributed by atoms with E-state index in [4.69, 9.17) is 9.84 Å². The van der Waals surface area contributed by atoms with Crippen LogP contribution in [-0.4, -0.2) is 32.4 Å². The molecule has 4 aromatic rings. The minimum atomic E-state index is -0.392. The number of hydrogen-bond acceptors (Lipinski definition) is 4. The summed E-state index contributed by atoms with van der Waals surface area (Å²) in [5.74, 6) is 1.49. The van der Waals surface area contributed by atoms with Gasteiger partial charge in [-0.2, -0.15) is 5.10 Å². The molecular formula is C29H33N3O2. The van der Waals surface area contributed by atoms with E-state index in [9.17, 15) is 5.11 Å². The molecule has 0 aliphatic rings. The van der Waals surface area contributed by atoms with E-state index in [0.717, 1.165) is 41.5 Å². The Labute approximate surface area is 202 Å². The first-order chi connectivity index (χ1) is 16.7. The smallest absolute Gasteiger partial charge is 0.227 e. The monoisotopic (exact) mass is 455 g/mol. The van der Waals surface area contributed by atoms with E-state index in [0.29, 0.717) is 19.5 Å². The molecule has 0 spiro atoms. The van der Waals surface area contributed by atoms with Crippen LogP contribution < -0.4 is 4.74 Å². The van der Waals surface area contributed by atoms with Gasteiger partial charge in [0, 0.05) is 19.6 Å². The zero-order valence-corrected chi connectivity index (χ0v) is 20.0. The third-order valence-corrected chi connectivity index (χ3v) is 5.88. The molecule has 3 aromatic carbocycles. The highest BCUT2D eigenvalue weighted by molar-refractivity contribution is 5.43. The highest BCUT2D eigenvalue weighted by atomic mass is 16.5. The Hall–Kier alpha value is -3.41. The lowest BCUT2D eigenvalue weighted by atomic mass is 10.1. The highest BCUT2D eigenvalue weighted by Gasteiger charge is 2.23. The molecule has 5 nitrogen and oxygen atoms in total. The van der Waals surface area contributed by atoms with Crippen molar-refractivity contribution >= 4 is 0 Å². The summed E-state index contributed by atoms with van der Waals surface area (Å²) in [5, 5.41) is 15.5. The van der Waals surface area contributed by atoms with Crippen molar-refractivity contribution in [2.45, 2.75) is 45.9 Å². The molecule has 0 bridgehead atoms. The Bertz CT molecular complexity index is 1140. The lowest BCUT2D eigenvalue weighted by molar-refractivity contribution is 0.101. The molecule has 176 valence electrons. The van der Waals surface area contributed by atoms with Crippen molar-refractivity contribution in [1.82, 2.24) is 14.7 Å². The number of benzene rings is 3. The van der Waals surface area contributed by atoms with Crippen LogP contribution in [0.2, 0.25) is 0 Å². The lowest BCUT2D eigenvalue weighted by Crippen LogP contribution is -2.31. The number of aryl methyl sites for hydroxylation is 1. The molecule has 1 unspecified atom stereocenters. The molecule has 5 heteroatoms. The lowest BCUT2D eigenvalue weighted by Gasteiger charge is -2.25. The quantitative estimate of drug-likeness (QED) is 0.301. The van der Waals surface area contributed by atoms with Gasteiger partial charge < -0.3 is 9.84 Å². The van der Waals surface area contributed by atoms with Gasteiger partial charge in [0.15, 0.2) is 0 Å². The van der Waals surface area contributed by atoms with Gasteiger partial charge in [0.1, 0.15) is 5.75 Å². The zero-order valence-electron chi connectivity index (χ0n) is 20.0. The average molecular weight is 456 g/mol. The van der Waals surface area contributed by atoms with E-state index < -0.39 is 6.10 Å². The summed E-state index contributed by atoms with van der Waals surface area (Å²) in [4.78, 5) is 2.28. The SMILES string of the molecule is CCc1nn(-c2ccccc2)c(Oc2ccccc2)c1CN(Cc1ccccc1)CC(O)CC. The minimum absolute atomic E-state index is 0.392. The van der Waals surface area contributed by atoms with Crippen molar-refractivity contribution in [3.63, 3.8) is 0 Å². The Morgan fingerprint density at radius 1 is 0.853 bits per heavy atom. The molecular weight excluding hydrogens is 422 g/mol. The molecule has 0 saturated heterocycles. The maximum absolute atomic E-state index is 10.5. The molecule has 0 saturated carbocycles. The third-order valence-electron chi connectivity index (χ3n) is 5.88. The van der Waals surface area contributed by atoms with Crippen LogP contribution in [0.3, 0.4) is 0 Å². The van der Waals surface area contributed by atoms with Gasteiger partial charge in [-0.05, 0) is 42.7 Å². The molecule has 0 aliphatic heterocycles. The van der Waals surface area contributed by atoms with Gasteiger partial charge in [0.05, 0.1) is 23.0 Å². The van der Waals surface area contributed by atoms with Crippen molar-refractivity contribution in [3.05, 3.63) is 108 Å².